The smallest absolute Gasteiger partial charge is 0.307 e. The number of aliphatic hydroxyl groups is 1. The minimum atomic E-state index is -1.02. The van der Waals surface area contributed by atoms with Gasteiger partial charge in [0.05, 0.1) is 23.5 Å². The summed E-state index contributed by atoms with van der Waals surface area (Å²) >= 11 is 0. The van der Waals surface area contributed by atoms with Crippen molar-refractivity contribution in [2.75, 3.05) is 0 Å². The zero-order valence-electron chi connectivity index (χ0n) is 16.7. The van der Waals surface area contributed by atoms with E-state index in [1.165, 1.54) is 0 Å². The molecule has 0 aromatic carbocycles. The molecular formula is C22H33NO4. The molecule has 150 valence electrons. The second-order valence-electron chi connectivity index (χ2n) is 7.77. The van der Waals surface area contributed by atoms with Crippen LogP contribution in [-0.2, 0) is 9.59 Å². The molecule has 4 unspecified atom stereocenters. The van der Waals surface area contributed by atoms with E-state index in [9.17, 15) is 25.1 Å². The highest BCUT2D eigenvalue weighted by Crippen LogP contribution is 2.41. The Morgan fingerprint density at radius 2 is 2.15 bits per heavy atom. The lowest BCUT2D eigenvalue weighted by molar-refractivity contribution is -0.146. The maximum Gasteiger partial charge on any atom is 0.307 e. The zero-order chi connectivity index (χ0) is 20.4. The molecule has 1 saturated carbocycles. The highest BCUT2D eigenvalue weighted by Gasteiger charge is 2.47. The van der Waals surface area contributed by atoms with Gasteiger partial charge in [-0.05, 0) is 33.1 Å². The van der Waals surface area contributed by atoms with Gasteiger partial charge in [-0.3, -0.25) is 9.59 Å². The molecule has 0 heterocycles. The number of carboxylic acids is 1. The fourth-order valence-corrected chi connectivity index (χ4v) is 3.87. The molecular weight excluding hydrogens is 342 g/mol. The summed E-state index contributed by atoms with van der Waals surface area (Å²) in [5, 5.41) is 29.7. The highest BCUT2D eigenvalue weighted by atomic mass is 16.4. The van der Waals surface area contributed by atoms with Gasteiger partial charge in [0.1, 0.15) is 5.78 Å². The maximum absolute atomic E-state index is 12.5. The standard InChI is InChI=1S/C22H33NO4/c1-4-6-8-10-18(21(25)26)20-17(16(15-23)14-19(20)24)11-13-22(3,27)12-9-7-5-2/h4,6,11,13,16-18,20,27H,5,7-10,12,14H2,1-3H3,(H,25,26)/b6-4+,13-11+/t16-,17?,18?,20?,22?/m0/s1. The SMILES string of the molecule is C/C=C/CCC(C(=O)O)C1C(=O)C[C@@H](C#N)C1/C=C/C(C)(O)CCCCC. The van der Waals surface area contributed by atoms with Crippen LogP contribution >= 0.6 is 0 Å². The topological polar surface area (TPSA) is 98.4 Å². The molecule has 2 N–H and O–H groups in total. The van der Waals surface area contributed by atoms with Gasteiger partial charge in [0.2, 0.25) is 0 Å². The van der Waals surface area contributed by atoms with E-state index in [0.717, 1.165) is 19.3 Å². The van der Waals surface area contributed by atoms with E-state index in [1.54, 1.807) is 19.1 Å². The number of carbonyl (C=O) groups excluding carboxylic acids is 1. The maximum atomic E-state index is 12.5. The third-order valence-electron chi connectivity index (χ3n) is 5.43. The third-order valence-corrected chi connectivity index (χ3v) is 5.43. The molecule has 0 bridgehead atoms. The molecule has 1 aliphatic rings. The Bertz CT molecular complexity index is 600. The number of ketones is 1. The number of carbonyl (C=O) groups is 2. The summed E-state index contributed by atoms with van der Waals surface area (Å²) in [5.74, 6) is -3.67. The monoisotopic (exact) mass is 375 g/mol. The van der Waals surface area contributed by atoms with Crippen molar-refractivity contribution >= 4 is 11.8 Å². The van der Waals surface area contributed by atoms with Crippen molar-refractivity contribution in [3.8, 4) is 6.07 Å². The van der Waals surface area contributed by atoms with Crippen molar-refractivity contribution in [1.29, 1.82) is 5.26 Å². The average molecular weight is 376 g/mol. The van der Waals surface area contributed by atoms with E-state index in [0.29, 0.717) is 19.3 Å². The van der Waals surface area contributed by atoms with Gasteiger partial charge in [0, 0.05) is 18.3 Å². The number of hydrogen-bond donors (Lipinski definition) is 2. The quantitative estimate of drug-likeness (QED) is 0.415. The van der Waals surface area contributed by atoms with Crippen LogP contribution in [0.2, 0.25) is 0 Å². The van der Waals surface area contributed by atoms with Gasteiger partial charge >= 0.3 is 5.97 Å². The van der Waals surface area contributed by atoms with Crippen molar-refractivity contribution in [3.05, 3.63) is 24.3 Å². The summed E-state index contributed by atoms with van der Waals surface area (Å²) in [6.07, 6.45) is 11.7. The number of nitriles is 1. The summed E-state index contributed by atoms with van der Waals surface area (Å²) < 4.78 is 0. The molecule has 0 spiro atoms. The molecule has 0 amide bonds. The lowest BCUT2D eigenvalue weighted by Crippen LogP contribution is -2.31. The minimum absolute atomic E-state index is 0.0849. The predicted molar refractivity (Wildman–Crippen MR) is 105 cm³/mol. The number of rotatable bonds is 11. The first-order valence-corrected chi connectivity index (χ1v) is 9.95. The molecule has 5 heteroatoms. The first-order chi connectivity index (χ1) is 12.8. The van der Waals surface area contributed by atoms with E-state index < -0.39 is 35.2 Å². The summed E-state index contributed by atoms with van der Waals surface area (Å²) in [7, 11) is 0. The van der Waals surface area contributed by atoms with Crippen LogP contribution in [0.3, 0.4) is 0 Å². The third kappa shape index (κ3) is 6.95. The Morgan fingerprint density at radius 3 is 2.70 bits per heavy atom. The molecule has 27 heavy (non-hydrogen) atoms. The van der Waals surface area contributed by atoms with Crippen LogP contribution < -0.4 is 0 Å². The molecule has 5 nitrogen and oxygen atoms in total. The van der Waals surface area contributed by atoms with Crippen molar-refractivity contribution in [2.45, 2.75) is 71.3 Å². The molecule has 0 radical (unpaired) electrons. The van der Waals surface area contributed by atoms with Crippen LogP contribution in [-0.4, -0.2) is 27.6 Å². The van der Waals surface area contributed by atoms with Gasteiger partial charge in [0.15, 0.2) is 0 Å². The fraction of sp³-hybridized carbons (Fsp3) is 0.682. The number of carboxylic acid groups (broad SMARTS) is 1. The summed E-state index contributed by atoms with van der Waals surface area (Å²) in [6.45, 7) is 5.68. The Hall–Kier alpha value is -1.93. The minimum Gasteiger partial charge on any atom is -0.481 e. The first kappa shape index (κ1) is 23.1. The van der Waals surface area contributed by atoms with Crippen LogP contribution in [0.25, 0.3) is 0 Å². The molecule has 1 aliphatic carbocycles. The summed E-state index contributed by atoms with van der Waals surface area (Å²) in [6, 6.07) is 2.16. The highest BCUT2D eigenvalue weighted by molar-refractivity contribution is 5.89. The fourth-order valence-electron chi connectivity index (χ4n) is 3.87. The number of aliphatic carboxylic acids is 1. The largest absolute Gasteiger partial charge is 0.481 e. The number of Topliss-reactive ketones (excluding diaryl/α,β-unsaturated/α-hetero) is 1. The predicted octanol–water partition coefficient (Wildman–Crippen LogP) is 4.28. The summed E-state index contributed by atoms with van der Waals surface area (Å²) in [5.41, 5.74) is -1.02. The number of hydrogen-bond acceptors (Lipinski definition) is 4. The van der Waals surface area contributed by atoms with Crippen LogP contribution in [0.4, 0.5) is 0 Å². The van der Waals surface area contributed by atoms with Crippen molar-refractivity contribution in [1.82, 2.24) is 0 Å². The summed E-state index contributed by atoms with van der Waals surface area (Å²) in [4.78, 5) is 24.3. The van der Waals surface area contributed by atoms with Gasteiger partial charge < -0.3 is 10.2 Å². The van der Waals surface area contributed by atoms with Gasteiger partial charge in [-0.1, -0.05) is 50.5 Å². The van der Waals surface area contributed by atoms with Crippen molar-refractivity contribution < 1.29 is 19.8 Å². The zero-order valence-corrected chi connectivity index (χ0v) is 16.7. The van der Waals surface area contributed by atoms with Gasteiger partial charge in [0.25, 0.3) is 0 Å². The lowest BCUT2D eigenvalue weighted by Gasteiger charge is -2.25. The molecule has 1 rings (SSSR count). The van der Waals surface area contributed by atoms with Gasteiger partial charge in [-0.15, -0.1) is 0 Å². The first-order valence-electron chi connectivity index (χ1n) is 9.95. The molecule has 0 aromatic heterocycles. The number of nitrogens with zero attached hydrogens (tertiary/aromatic N) is 1. The van der Waals surface area contributed by atoms with Crippen molar-refractivity contribution in [3.63, 3.8) is 0 Å². The van der Waals surface area contributed by atoms with E-state index in [1.807, 2.05) is 19.1 Å². The molecule has 5 atom stereocenters. The van der Waals surface area contributed by atoms with E-state index in [4.69, 9.17) is 0 Å². The van der Waals surface area contributed by atoms with Crippen LogP contribution in [0, 0.1) is 35.0 Å². The Balaban J connectivity index is 3.03. The van der Waals surface area contributed by atoms with E-state index in [2.05, 4.69) is 13.0 Å². The number of unbranched alkanes of at least 4 members (excludes halogenated alkanes) is 2. The Kier molecular flexibility index (Phi) is 9.45. The lowest BCUT2D eigenvalue weighted by atomic mass is 9.78. The van der Waals surface area contributed by atoms with Gasteiger partial charge in [-0.25, -0.2) is 0 Å². The molecule has 0 aromatic rings. The molecule has 1 fully saturated rings. The second-order valence-corrected chi connectivity index (χ2v) is 7.77. The Morgan fingerprint density at radius 1 is 1.44 bits per heavy atom. The van der Waals surface area contributed by atoms with Crippen LogP contribution in [0.5, 0.6) is 0 Å². The average Bonchev–Trinajstić information content (AvgIpc) is 2.92. The van der Waals surface area contributed by atoms with Crippen LogP contribution in [0.15, 0.2) is 24.3 Å². The van der Waals surface area contributed by atoms with Crippen molar-refractivity contribution in [2.24, 2.45) is 23.7 Å². The molecule has 0 saturated heterocycles. The number of allylic oxidation sites excluding steroid dienone is 3. The van der Waals surface area contributed by atoms with Gasteiger partial charge in [-0.2, -0.15) is 5.26 Å². The van der Waals surface area contributed by atoms with Crippen LogP contribution in [0.1, 0.15) is 65.7 Å². The second kappa shape index (κ2) is 11.0. The normalized spacial score (nSPS) is 26.3. The van der Waals surface area contributed by atoms with E-state index >= 15 is 0 Å². The molecule has 0 aliphatic heterocycles. The van der Waals surface area contributed by atoms with E-state index in [-0.39, 0.29) is 12.2 Å². The Labute approximate surface area is 162 Å².